The molecule has 98 valence electrons. The zero-order valence-electron chi connectivity index (χ0n) is 9.11. The summed E-state index contributed by atoms with van der Waals surface area (Å²) in [5.41, 5.74) is -0.293. The van der Waals surface area contributed by atoms with Crippen LogP contribution in [0.1, 0.15) is 0 Å². The summed E-state index contributed by atoms with van der Waals surface area (Å²) >= 11 is 3.07. The Kier molecular flexibility index (Phi) is 3.20. The molecule has 1 fully saturated rings. The fourth-order valence-corrected chi connectivity index (χ4v) is 3.16. The number of ether oxygens (including phenoxy) is 1. The number of halogens is 2. The van der Waals surface area contributed by atoms with Gasteiger partial charge in [-0.1, -0.05) is 15.9 Å². The second kappa shape index (κ2) is 4.39. The molecule has 1 N–H and O–H groups in total. The normalized spacial score (nSPS) is 17.7. The van der Waals surface area contributed by atoms with E-state index in [1.165, 1.54) is 13.2 Å². The van der Waals surface area contributed by atoms with Gasteiger partial charge in [0.25, 0.3) is 5.91 Å². The van der Waals surface area contributed by atoms with Crippen LogP contribution < -0.4 is 13.8 Å². The van der Waals surface area contributed by atoms with E-state index in [2.05, 4.69) is 15.9 Å². The first kappa shape index (κ1) is 13.1. The van der Waals surface area contributed by atoms with Crippen LogP contribution in [0.3, 0.4) is 0 Å². The highest BCUT2D eigenvalue weighted by molar-refractivity contribution is 9.10. The Morgan fingerprint density at radius 1 is 1.50 bits per heavy atom. The van der Waals surface area contributed by atoms with Crippen molar-refractivity contribution in [2.45, 2.75) is 0 Å². The number of carbonyl (C=O) groups is 1. The molecule has 0 aromatic heterocycles. The highest BCUT2D eigenvalue weighted by Gasteiger charge is 2.37. The van der Waals surface area contributed by atoms with E-state index in [1.807, 2.05) is 0 Å². The van der Waals surface area contributed by atoms with Crippen molar-refractivity contribution in [1.29, 1.82) is 0 Å². The Labute approximate surface area is 111 Å². The minimum Gasteiger partial charge on any atom is -0.494 e. The highest BCUT2D eigenvalue weighted by atomic mass is 79.9. The summed E-state index contributed by atoms with van der Waals surface area (Å²) < 4.78 is 44.9. The van der Waals surface area contributed by atoms with Crippen LogP contribution in [0, 0.1) is 5.82 Å². The van der Waals surface area contributed by atoms with Crippen molar-refractivity contribution in [2.75, 3.05) is 18.0 Å². The third kappa shape index (κ3) is 2.15. The number of nitrogens with zero attached hydrogens (tertiary/aromatic N) is 1. The first-order valence-electron chi connectivity index (χ1n) is 4.71. The third-order valence-electron chi connectivity index (χ3n) is 2.28. The van der Waals surface area contributed by atoms with Gasteiger partial charge in [0.1, 0.15) is 18.0 Å². The molecule has 0 saturated carbocycles. The highest BCUT2D eigenvalue weighted by Crippen LogP contribution is 2.36. The van der Waals surface area contributed by atoms with Crippen molar-refractivity contribution in [3.05, 3.63) is 22.4 Å². The summed E-state index contributed by atoms with van der Waals surface area (Å²) in [6.07, 6.45) is 0. The maximum atomic E-state index is 13.9. The number of rotatable bonds is 2. The number of nitrogens with one attached hydrogen (secondary N) is 1. The zero-order valence-corrected chi connectivity index (χ0v) is 11.5. The molecular formula is C9H8BrFN2O4S. The van der Waals surface area contributed by atoms with Gasteiger partial charge in [0.2, 0.25) is 0 Å². The first-order chi connectivity index (χ1) is 8.35. The molecule has 1 aliphatic heterocycles. The van der Waals surface area contributed by atoms with Crippen LogP contribution >= 0.6 is 15.9 Å². The van der Waals surface area contributed by atoms with Crippen LogP contribution in [0.5, 0.6) is 5.75 Å². The molecule has 1 saturated heterocycles. The van der Waals surface area contributed by atoms with E-state index in [1.54, 1.807) is 4.72 Å². The molecule has 0 spiro atoms. The molecule has 1 heterocycles. The van der Waals surface area contributed by atoms with Crippen molar-refractivity contribution in [2.24, 2.45) is 0 Å². The maximum Gasteiger partial charge on any atom is 0.326 e. The van der Waals surface area contributed by atoms with E-state index in [9.17, 15) is 17.6 Å². The number of anilines is 1. The molecule has 0 bridgehead atoms. The largest absolute Gasteiger partial charge is 0.494 e. The summed E-state index contributed by atoms with van der Waals surface area (Å²) in [5.74, 6) is -1.51. The molecule has 0 aliphatic carbocycles. The van der Waals surface area contributed by atoms with Crippen LogP contribution in [0.2, 0.25) is 0 Å². The number of carbonyl (C=O) groups excluding carboxylic acids is 1. The minimum atomic E-state index is -4.06. The van der Waals surface area contributed by atoms with Gasteiger partial charge in [-0.2, -0.15) is 8.42 Å². The summed E-state index contributed by atoms with van der Waals surface area (Å²) in [4.78, 5) is 11.1. The average Bonchev–Trinajstić information content (AvgIpc) is 2.50. The fourth-order valence-electron chi connectivity index (χ4n) is 1.59. The van der Waals surface area contributed by atoms with Gasteiger partial charge < -0.3 is 4.74 Å². The van der Waals surface area contributed by atoms with Crippen molar-refractivity contribution in [3.8, 4) is 5.75 Å². The Morgan fingerprint density at radius 3 is 2.67 bits per heavy atom. The second-order valence-corrected chi connectivity index (χ2v) is 5.99. The third-order valence-corrected chi connectivity index (χ3v) is 4.12. The number of hydrogen-bond donors (Lipinski definition) is 1. The molecule has 6 nitrogen and oxygen atoms in total. The predicted octanol–water partition coefficient (Wildman–Crippen LogP) is 0.778. The summed E-state index contributed by atoms with van der Waals surface area (Å²) in [6, 6.07) is 2.51. The maximum absolute atomic E-state index is 13.9. The Morgan fingerprint density at radius 2 is 2.17 bits per heavy atom. The van der Waals surface area contributed by atoms with Gasteiger partial charge in [-0.3, -0.25) is 4.79 Å². The van der Waals surface area contributed by atoms with Gasteiger partial charge >= 0.3 is 10.2 Å². The molecule has 1 amide bonds. The number of amides is 1. The molecule has 0 unspecified atom stereocenters. The van der Waals surface area contributed by atoms with Gasteiger partial charge in [-0.15, -0.1) is 0 Å². The lowest BCUT2D eigenvalue weighted by Crippen LogP contribution is -2.30. The second-order valence-electron chi connectivity index (χ2n) is 3.48. The number of methoxy groups -OCH3 is 1. The standard InChI is InChI=1S/C9H8BrFN2O4S/c1-17-7-3-5(10)2-6(11)9(7)13-4-8(14)12-18(13,15)16/h2-3H,4H2,1H3,(H,12,14). The van der Waals surface area contributed by atoms with Crippen molar-refractivity contribution < 1.29 is 22.3 Å². The summed E-state index contributed by atoms with van der Waals surface area (Å²) in [5, 5.41) is 0. The Bertz CT molecular complexity index is 619. The lowest BCUT2D eigenvalue weighted by Gasteiger charge is -2.18. The van der Waals surface area contributed by atoms with Gasteiger partial charge in [-0.25, -0.2) is 13.4 Å². The molecule has 1 aromatic carbocycles. The number of hydrogen-bond acceptors (Lipinski definition) is 4. The van der Waals surface area contributed by atoms with Gasteiger partial charge in [0, 0.05) is 4.47 Å². The molecule has 1 aromatic rings. The van der Waals surface area contributed by atoms with Crippen molar-refractivity contribution >= 4 is 37.7 Å². The first-order valence-corrected chi connectivity index (χ1v) is 6.95. The van der Waals surface area contributed by atoms with Gasteiger partial charge in [0.05, 0.1) is 7.11 Å². The van der Waals surface area contributed by atoms with Crippen molar-refractivity contribution in [1.82, 2.24) is 4.72 Å². The molecular weight excluding hydrogens is 331 g/mol. The van der Waals surface area contributed by atoms with Gasteiger partial charge in [-0.05, 0) is 12.1 Å². The topological polar surface area (TPSA) is 75.7 Å². The zero-order chi connectivity index (χ0) is 13.5. The molecule has 9 heteroatoms. The quantitative estimate of drug-likeness (QED) is 0.864. The lowest BCUT2D eigenvalue weighted by atomic mass is 10.2. The van der Waals surface area contributed by atoms with E-state index in [-0.39, 0.29) is 11.4 Å². The molecule has 18 heavy (non-hydrogen) atoms. The lowest BCUT2D eigenvalue weighted by molar-refractivity contribution is -0.117. The van der Waals surface area contributed by atoms with Gasteiger partial charge in [0.15, 0.2) is 5.82 Å². The SMILES string of the molecule is COc1cc(Br)cc(F)c1N1CC(=O)NS1(=O)=O. The minimum absolute atomic E-state index is 0.0157. The Hall–Kier alpha value is -1.35. The molecule has 0 radical (unpaired) electrons. The average molecular weight is 339 g/mol. The fraction of sp³-hybridized carbons (Fsp3) is 0.222. The Balaban J connectivity index is 2.61. The van der Waals surface area contributed by atoms with Crippen LogP contribution in [-0.4, -0.2) is 28.0 Å². The van der Waals surface area contributed by atoms with E-state index >= 15 is 0 Å². The molecule has 0 atom stereocenters. The monoisotopic (exact) mass is 338 g/mol. The number of benzene rings is 1. The summed E-state index contributed by atoms with van der Waals surface area (Å²) in [7, 11) is -2.78. The molecule has 1 aliphatic rings. The summed E-state index contributed by atoms with van der Waals surface area (Å²) in [6.45, 7) is -0.475. The predicted molar refractivity (Wildman–Crippen MR) is 65.1 cm³/mol. The van der Waals surface area contributed by atoms with E-state index in [4.69, 9.17) is 4.74 Å². The van der Waals surface area contributed by atoms with E-state index < -0.39 is 28.5 Å². The van der Waals surface area contributed by atoms with Crippen LogP contribution in [0.25, 0.3) is 0 Å². The van der Waals surface area contributed by atoms with Crippen molar-refractivity contribution in [3.63, 3.8) is 0 Å². The smallest absolute Gasteiger partial charge is 0.326 e. The molecule has 2 rings (SSSR count). The van der Waals surface area contributed by atoms with E-state index in [0.29, 0.717) is 8.78 Å². The van der Waals surface area contributed by atoms with Crippen LogP contribution in [0.4, 0.5) is 10.1 Å². The van der Waals surface area contributed by atoms with Crippen LogP contribution in [-0.2, 0) is 15.0 Å². The van der Waals surface area contributed by atoms with Crippen LogP contribution in [0.15, 0.2) is 16.6 Å². The van der Waals surface area contributed by atoms with E-state index in [0.717, 1.165) is 6.07 Å².